The Morgan fingerprint density at radius 2 is 2.24 bits per heavy atom. The van der Waals surface area contributed by atoms with Crippen molar-refractivity contribution in [1.82, 2.24) is 29.0 Å². The Balaban J connectivity index is 1.46. The van der Waals surface area contributed by atoms with Crippen molar-refractivity contribution in [1.29, 1.82) is 0 Å². The first-order chi connectivity index (χ1) is 14.1. The van der Waals surface area contributed by atoms with Gasteiger partial charge in [-0.05, 0) is 18.9 Å². The Morgan fingerprint density at radius 1 is 1.41 bits per heavy atom. The number of hydrogen-bond acceptors (Lipinski definition) is 5. The van der Waals surface area contributed by atoms with Crippen LogP contribution >= 0.6 is 0 Å². The molecule has 1 saturated carbocycles. The number of nitrogens with zero attached hydrogens (tertiary/aromatic N) is 7. The molecule has 10 heteroatoms. The average molecular weight is 411 g/mol. The van der Waals surface area contributed by atoms with Crippen LogP contribution in [0.5, 0.6) is 0 Å². The third kappa shape index (κ3) is 3.01. The highest BCUT2D eigenvalue weighted by Crippen LogP contribution is 2.36. The van der Waals surface area contributed by atoms with Gasteiger partial charge in [-0.3, -0.25) is 4.68 Å². The van der Waals surface area contributed by atoms with Crippen molar-refractivity contribution in [2.24, 2.45) is 4.36 Å². The van der Waals surface area contributed by atoms with Crippen LogP contribution in [-0.2, 0) is 15.5 Å². The van der Waals surface area contributed by atoms with Gasteiger partial charge in [0.05, 0.1) is 17.9 Å². The van der Waals surface area contributed by atoms with Gasteiger partial charge < -0.3 is 9.83 Å². The van der Waals surface area contributed by atoms with E-state index >= 15 is 0 Å². The second kappa shape index (κ2) is 6.64. The number of rotatable bonds is 6. The monoisotopic (exact) mass is 410 g/mol. The van der Waals surface area contributed by atoms with E-state index in [0.29, 0.717) is 18.8 Å². The van der Waals surface area contributed by atoms with Gasteiger partial charge in [0.15, 0.2) is 5.54 Å². The summed E-state index contributed by atoms with van der Waals surface area (Å²) in [6, 6.07) is 2.19. The zero-order valence-corrected chi connectivity index (χ0v) is 17.0. The molecule has 1 atom stereocenters. The normalized spacial score (nSPS) is 20.7. The van der Waals surface area contributed by atoms with Crippen molar-refractivity contribution in [3.05, 3.63) is 42.4 Å². The summed E-state index contributed by atoms with van der Waals surface area (Å²) < 4.78 is 21.7. The highest BCUT2D eigenvalue weighted by molar-refractivity contribution is 7.91. The Bertz CT molecular complexity index is 1220. The van der Waals surface area contributed by atoms with E-state index in [2.05, 4.69) is 29.3 Å². The van der Waals surface area contributed by atoms with E-state index in [1.807, 2.05) is 34.4 Å². The summed E-state index contributed by atoms with van der Waals surface area (Å²) in [5.74, 6) is 0.508. The lowest BCUT2D eigenvalue weighted by Gasteiger charge is -2.47. The zero-order valence-electron chi connectivity index (χ0n) is 16.2. The predicted octanol–water partition coefficient (Wildman–Crippen LogP) is 2.32. The Labute approximate surface area is 169 Å². The lowest BCUT2D eigenvalue weighted by molar-refractivity contribution is 0.0866. The second-order valence-electron chi connectivity index (χ2n) is 7.71. The summed E-state index contributed by atoms with van der Waals surface area (Å²) in [5.41, 5.74) is 1.97. The molecule has 0 unspecified atom stereocenters. The van der Waals surface area contributed by atoms with E-state index in [9.17, 15) is 4.21 Å². The van der Waals surface area contributed by atoms with Crippen molar-refractivity contribution in [3.63, 3.8) is 0 Å². The lowest BCUT2D eigenvalue weighted by atomic mass is 9.92. The summed E-state index contributed by atoms with van der Waals surface area (Å²) in [4.78, 5) is 15.4. The molecular weight excluding hydrogens is 388 g/mol. The fourth-order valence-corrected chi connectivity index (χ4v) is 6.03. The summed E-state index contributed by atoms with van der Waals surface area (Å²) in [6.45, 7) is 10.7. The van der Waals surface area contributed by atoms with Crippen LogP contribution in [0.25, 0.3) is 27.1 Å². The fourth-order valence-electron chi connectivity index (χ4n) is 3.82. The number of fused-ring (bicyclic) bond motifs is 1. The van der Waals surface area contributed by atoms with Gasteiger partial charge in [-0.2, -0.15) is 5.10 Å². The molecule has 29 heavy (non-hydrogen) atoms. The van der Waals surface area contributed by atoms with Crippen LogP contribution < -0.4 is 0 Å². The number of aromatic nitrogens is 5. The van der Waals surface area contributed by atoms with E-state index < -0.39 is 15.5 Å². The Kier molecular flexibility index (Phi) is 4.18. The van der Waals surface area contributed by atoms with Gasteiger partial charge in [-0.25, -0.2) is 29.4 Å². The molecule has 9 nitrogen and oxygen atoms in total. The molecule has 1 aliphatic heterocycles. The molecule has 1 saturated heterocycles. The minimum atomic E-state index is -2.38. The SMILES string of the molecule is [C-]#[N+]CC1(n2cc(-c3ncnc4[nH]ccc34)cn2)CN([S@](=O)(CC)=NC2CC2)C1. The zero-order chi connectivity index (χ0) is 20.1. The predicted molar refractivity (Wildman–Crippen MR) is 110 cm³/mol. The molecule has 1 aliphatic carbocycles. The summed E-state index contributed by atoms with van der Waals surface area (Å²) in [5, 5.41) is 5.49. The number of nitrogens with one attached hydrogen (secondary N) is 1. The molecule has 4 heterocycles. The van der Waals surface area contributed by atoms with Crippen LogP contribution in [0.2, 0.25) is 0 Å². The second-order valence-corrected chi connectivity index (χ2v) is 10.2. The highest BCUT2D eigenvalue weighted by Gasteiger charge is 2.52. The summed E-state index contributed by atoms with van der Waals surface area (Å²) >= 11 is 0. The van der Waals surface area contributed by atoms with Gasteiger partial charge in [0.25, 0.3) is 0 Å². The topological polar surface area (TPSA) is 96.4 Å². The van der Waals surface area contributed by atoms with E-state index in [1.165, 1.54) is 6.33 Å². The van der Waals surface area contributed by atoms with Crippen LogP contribution in [0.1, 0.15) is 19.8 Å². The summed E-state index contributed by atoms with van der Waals surface area (Å²) in [6.07, 6.45) is 9.14. The highest BCUT2D eigenvalue weighted by atomic mass is 32.2. The van der Waals surface area contributed by atoms with Gasteiger partial charge in [-0.1, -0.05) is 6.92 Å². The smallest absolute Gasteiger partial charge is 0.242 e. The standard InChI is InChI=1S/C19H22N8OS/c1-3-29(28,25-15-4-5-15)26-11-19(12-26,10-20-2)27-9-14(8-24-27)17-16-6-7-21-18(16)23-13-22-17/h6-9,13,15H,3-5,10-12H2,1H3,(H,21,22,23)/t29-/m0/s1. The van der Waals surface area contributed by atoms with E-state index in [-0.39, 0.29) is 12.6 Å². The molecule has 3 aromatic rings. The molecule has 2 fully saturated rings. The lowest BCUT2D eigenvalue weighted by Crippen LogP contribution is -2.65. The van der Waals surface area contributed by atoms with Crippen LogP contribution in [0.3, 0.4) is 0 Å². The van der Waals surface area contributed by atoms with Gasteiger partial charge in [-0.15, -0.1) is 0 Å². The maximum absolute atomic E-state index is 13.3. The molecule has 3 aromatic heterocycles. The van der Waals surface area contributed by atoms with Gasteiger partial charge in [0.2, 0.25) is 6.54 Å². The van der Waals surface area contributed by atoms with Crippen molar-refractivity contribution < 1.29 is 4.21 Å². The minimum Gasteiger partial charge on any atom is -0.346 e. The fraction of sp³-hybridized carbons (Fsp3) is 0.474. The third-order valence-corrected chi connectivity index (χ3v) is 8.10. The number of H-pyrrole nitrogens is 1. The van der Waals surface area contributed by atoms with Gasteiger partial charge in [0.1, 0.15) is 21.9 Å². The first-order valence-corrected chi connectivity index (χ1v) is 11.4. The van der Waals surface area contributed by atoms with Crippen LogP contribution in [0.4, 0.5) is 0 Å². The maximum Gasteiger partial charge on any atom is 0.242 e. The van der Waals surface area contributed by atoms with E-state index in [4.69, 9.17) is 6.57 Å². The molecule has 1 N–H and O–H groups in total. The van der Waals surface area contributed by atoms with Crippen molar-refractivity contribution in [2.45, 2.75) is 31.3 Å². The van der Waals surface area contributed by atoms with Crippen molar-refractivity contribution >= 4 is 20.9 Å². The van der Waals surface area contributed by atoms with E-state index in [1.54, 1.807) is 6.20 Å². The molecule has 0 radical (unpaired) electrons. The van der Waals surface area contributed by atoms with Crippen molar-refractivity contribution in [2.75, 3.05) is 25.4 Å². The number of aromatic amines is 1. The molecule has 0 aromatic carbocycles. The molecule has 0 amide bonds. The summed E-state index contributed by atoms with van der Waals surface area (Å²) in [7, 11) is -2.38. The third-order valence-electron chi connectivity index (χ3n) is 5.65. The Morgan fingerprint density at radius 3 is 2.97 bits per heavy atom. The van der Waals surface area contributed by atoms with Gasteiger partial charge in [0, 0.05) is 42.2 Å². The first kappa shape index (κ1) is 18.3. The molecule has 0 spiro atoms. The van der Waals surface area contributed by atoms with Crippen LogP contribution in [0, 0.1) is 6.57 Å². The molecule has 150 valence electrons. The van der Waals surface area contributed by atoms with Gasteiger partial charge >= 0.3 is 0 Å². The van der Waals surface area contributed by atoms with Crippen LogP contribution in [-0.4, -0.2) is 64.7 Å². The molecule has 5 rings (SSSR count). The largest absolute Gasteiger partial charge is 0.346 e. The average Bonchev–Trinajstić information content (AvgIpc) is 3.18. The quantitative estimate of drug-likeness (QED) is 0.631. The molecule has 0 bridgehead atoms. The van der Waals surface area contributed by atoms with E-state index in [0.717, 1.165) is 35.1 Å². The Hall–Kier alpha value is -2.77. The first-order valence-electron chi connectivity index (χ1n) is 9.73. The molecular formula is C19H22N8OS. The minimum absolute atomic E-state index is 0.246. The number of hydrogen-bond donors (Lipinski definition) is 1. The van der Waals surface area contributed by atoms with Crippen LogP contribution in [0.15, 0.2) is 35.3 Å². The maximum atomic E-state index is 13.3. The molecule has 2 aliphatic rings. The van der Waals surface area contributed by atoms with Crippen molar-refractivity contribution in [3.8, 4) is 11.3 Å².